The third-order valence-corrected chi connectivity index (χ3v) is 4.44. The zero-order chi connectivity index (χ0) is 14.1. The normalized spacial score (nSPS) is 22.6. The van der Waals surface area contributed by atoms with Crippen LogP contribution in [0.25, 0.3) is 10.9 Å². The fourth-order valence-electron chi connectivity index (χ4n) is 3.04. The Morgan fingerprint density at radius 3 is 2.95 bits per heavy atom. The number of hydrogen-bond donors (Lipinski definition) is 1. The minimum Gasteiger partial charge on any atom is -0.355 e. The lowest BCUT2D eigenvalue weighted by atomic mass is 9.99. The van der Waals surface area contributed by atoms with Gasteiger partial charge < -0.3 is 10.6 Å². The first-order valence-corrected chi connectivity index (χ1v) is 7.62. The fourth-order valence-corrected chi connectivity index (χ4v) is 3.26. The van der Waals surface area contributed by atoms with Crippen molar-refractivity contribution in [2.75, 3.05) is 18.0 Å². The predicted octanol–water partition coefficient (Wildman–Crippen LogP) is 3.45. The Balaban J connectivity index is 1.90. The molecule has 0 unspecified atom stereocenters. The van der Waals surface area contributed by atoms with E-state index in [0.29, 0.717) is 10.9 Å². The summed E-state index contributed by atoms with van der Waals surface area (Å²) < 4.78 is 0. The van der Waals surface area contributed by atoms with Crippen LogP contribution < -0.4 is 10.6 Å². The van der Waals surface area contributed by atoms with E-state index in [1.54, 1.807) is 0 Å². The number of para-hydroxylation sites is 1. The molecule has 0 aliphatic carbocycles. The van der Waals surface area contributed by atoms with Gasteiger partial charge in [0, 0.05) is 24.5 Å². The summed E-state index contributed by atoms with van der Waals surface area (Å²) in [6, 6.07) is 10.3. The average molecular weight is 290 g/mol. The molecule has 0 amide bonds. The van der Waals surface area contributed by atoms with Crippen LogP contribution in [0.2, 0.25) is 5.02 Å². The molecule has 2 aromatic rings. The van der Waals surface area contributed by atoms with E-state index in [4.69, 9.17) is 22.3 Å². The Hall–Kier alpha value is -1.32. The van der Waals surface area contributed by atoms with Crippen LogP contribution in [-0.2, 0) is 0 Å². The van der Waals surface area contributed by atoms with Crippen LogP contribution in [-0.4, -0.2) is 24.1 Å². The second kappa shape index (κ2) is 5.58. The van der Waals surface area contributed by atoms with Gasteiger partial charge in [-0.15, -0.1) is 0 Å². The molecule has 4 heteroatoms. The zero-order valence-corrected chi connectivity index (χ0v) is 12.5. The molecule has 2 N–H and O–H groups in total. The van der Waals surface area contributed by atoms with Gasteiger partial charge in [-0.3, -0.25) is 0 Å². The van der Waals surface area contributed by atoms with Crippen molar-refractivity contribution in [2.45, 2.75) is 25.8 Å². The molecule has 3 rings (SSSR count). The van der Waals surface area contributed by atoms with E-state index in [1.807, 2.05) is 18.2 Å². The first-order valence-electron chi connectivity index (χ1n) is 7.25. The van der Waals surface area contributed by atoms with Gasteiger partial charge in [-0.2, -0.15) is 0 Å². The number of pyridine rings is 1. The Bertz CT molecular complexity index is 614. The van der Waals surface area contributed by atoms with Crippen LogP contribution in [0, 0.1) is 5.92 Å². The van der Waals surface area contributed by atoms with E-state index in [1.165, 1.54) is 12.8 Å². The number of halogens is 1. The molecule has 3 nitrogen and oxygen atoms in total. The second-order valence-corrected chi connectivity index (χ2v) is 6.01. The molecule has 1 aliphatic rings. The van der Waals surface area contributed by atoms with Crippen LogP contribution in [0.4, 0.5) is 5.82 Å². The average Bonchev–Trinajstić information content (AvgIpc) is 2.81. The highest BCUT2D eigenvalue weighted by molar-refractivity contribution is 6.35. The summed E-state index contributed by atoms with van der Waals surface area (Å²) in [6.07, 6.45) is 2.37. The van der Waals surface area contributed by atoms with Gasteiger partial charge in [-0.25, -0.2) is 4.98 Å². The molecule has 0 bridgehead atoms. The summed E-state index contributed by atoms with van der Waals surface area (Å²) in [5.41, 5.74) is 7.11. The predicted molar refractivity (Wildman–Crippen MR) is 85.3 cm³/mol. The topological polar surface area (TPSA) is 42.2 Å². The highest BCUT2D eigenvalue weighted by Crippen LogP contribution is 2.28. The lowest BCUT2D eigenvalue weighted by Gasteiger charge is -2.18. The van der Waals surface area contributed by atoms with Crippen molar-refractivity contribution in [1.29, 1.82) is 0 Å². The summed E-state index contributed by atoms with van der Waals surface area (Å²) in [4.78, 5) is 7.01. The third-order valence-electron chi connectivity index (χ3n) is 4.13. The van der Waals surface area contributed by atoms with E-state index in [9.17, 15) is 0 Å². The maximum absolute atomic E-state index is 6.24. The molecule has 106 valence electrons. The Labute approximate surface area is 124 Å². The molecule has 2 heterocycles. The van der Waals surface area contributed by atoms with Crippen molar-refractivity contribution in [1.82, 2.24) is 4.98 Å². The number of aromatic nitrogens is 1. The molecule has 0 spiro atoms. The smallest absolute Gasteiger partial charge is 0.129 e. The first kappa shape index (κ1) is 13.7. The summed E-state index contributed by atoms with van der Waals surface area (Å²) in [6.45, 7) is 4.09. The molecule has 1 fully saturated rings. The standard InChI is InChI=1S/C16H20ClN3/c1-2-4-12-9-20(10-14(12)18)15-8-7-11-5-3-6-13(17)16(11)19-15/h3,5-8,12,14H,2,4,9-10,18H2,1H3/t12-,14-/m0/s1. The van der Waals surface area contributed by atoms with E-state index in [0.717, 1.165) is 29.8 Å². The van der Waals surface area contributed by atoms with Crippen molar-refractivity contribution < 1.29 is 0 Å². The highest BCUT2D eigenvalue weighted by Gasteiger charge is 2.30. The molecule has 20 heavy (non-hydrogen) atoms. The van der Waals surface area contributed by atoms with Gasteiger partial charge in [0.2, 0.25) is 0 Å². The molecular formula is C16H20ClN3. The largest absolute Gasteiger partial charge is 0.355 e. The Kier molecular flexibility index (Phi) is 3.81. The van der Waals surface area contributed by atoms with Gasteiger partial charge in [0.25, 0.3) is 0 Å². The number of rotatable bonds is 3. The van der Waals surface area contributed by atoms with E-state index < -0.39 is 0 Å². The molecule has 1 aliphatic heterocycles. The minimum atomic E-state index is 0.249. The second-order valence-electron chi connectivity index (χ2n) is 5.60. The number of fused-ring (bicyclic) bond motifs is 1. The van der Waals surface area contributed by atoms with Crippen LogP contribution in [0.5, 0.6) is 0 Å². The lowest BCUT2D eigenvalue weighted by Crippen LogP contribution is -2.29. The van der Waals surface area contributed by atoms with Crippen molar-refractivity contribution in [3.05, 3.63) is 35.4 Å². The van der Waals surface area contributed by atoms with Crippen molar-refractivity contribution in [3.8, 4) is 0 Å². The maximum atomic E-state index is 6.24. The Morgan fingerprint density at radius 1 is 1.30 bits per heavy atom. The van der Waals surface area contributed by atoms with E-state index >= 15 is 0 Å². The molecule has 0 radical (unpaired) electrons. The van der Waals surface area contributed by atoms with E-state index in [2.05, 4.69) is 24.0 Å². The zero-order valence-electron chi connectivity index (χ0n) is 11.7. The van der Waals surface area contributed by atoms with Gasteiger partial charge in [0.1, 0.15) is 5.82 Å². The minimum absolute atomic E-state index is 0.249. The van der Waals surface area contributed by atoms with Crippen LogP contribution >= 0.6 is 11.6 Å². The molecule has 1 saturated heterocycles. The molecular weight excluding hydrogens is 270 g/mol. The van der Waals surface area contributed by atoms with Crippen molar-refractivity contribution in [3.63, 3.8) is 0 Å². The highest BCUT2D eigenvalue weighted by atomic mass is 35.5. The summed E-state index contributed by atoms with van der Waals surface area (Å²) in [7, 11) is 0. The quantitative estimate of drug-likeness (QED) is 0.941. The first-order chi connectivity index (χ1) is 9.69. The third kappa shape index (κ3) is 2.48. The van der Waals surface area contributed by atoms with Gasteiger partial charge in [0.05, 0.1) is 10.5 Å². The molecule has 1 aromatic carbocycles. The van der Waals surface area contributed by atoms with Crippen LogP contribution in [0.1, 0.15) is 19.8 Å². The molecule has 1 aromatic heterocycles. The number of nitrogens with zero attached hydrogens (tertiary/aromatic N) is 2. The summed E-state index contributed by atoms with van der Waals surface area (Å²) in [5.74, 6) is 1.56. The maximum Gasteiger partial charge on any atom is 0.129 e. The van der Waals surface area contributed by atoms with Gasteiger partial charge in [0.15, 0.2) is 0 Å². The molecule has 2 atom stereocenters. The lowest BCUT2D eigenvalue weighted by molar-refractivity contribution is 0.472. The number of nitrogens with two attached hydrogens (primary N) is 1. The fraction of sp³-hybridized carbons (Fsp3) is 0.438. The SMILES string of the molecule is CCC[C@H]1CN(c2ccc3cccc(Cl)c3n2)C[C@@H]1N. The van der Waals surface area contributed by atoms with Gasteiger partial charge >= 0.3 is 0 Å². The van der Waals surface area contributed by atoms with Crippen LogP contribution in [0.3, 0.4) is 0 Å². The number of hydrogen-bond acceptors (Lipinski definition) is 3. The number of benzene rings is 1. The van der Waals surface area contributed by atoms with Gasteiger partial charge in [-0.1, -0.05) is 37.1 Å². The van der Waals surface area contributed by atoms with Crippen molar-refractivity contribution >= 4 is 28.3 Å². The van der Waals surface area contributed by atoms with Crippen LogP contribution in [0.15, 0.2) is 30.3 Å². The Morgan fingerprint density at radius 2 is 2.15 bits per heavy atom. The number of anilines is 1. The summed E-state index contributed by atoms with van der Waals surface area (Å²) >= 11 is 6.24. The van der Waals surface area contributed by atoms with Crippen molar-refractivity contribution in [2.24, 2.45) is 11.7 Å². The van der Waals surface area contributed by atoms with E-state index in [-0.39, 0.29) is 6.04 Å². The van der Waals surface area contributed by atoms with Gasteiger partial charge in [-0.05, 0) is 30.5 Å². The molecule has 0 saturated carbocycles. The summed E-state index contributed by atoms with van der Waals surface area (Å²) in [5, 5.41) is 1.79. The monoisotopic (exact) mass is 289 g/mol.